The number of amides is 2. The van der Waals surface area contributed by atoms with Crippen molar-refractivity contribution in [1.82, 2.24) is 9.80 Å². The van der Waals surface area contributed by atoms with Gasteiger partial charge >= 0.3 is 17.6 Å². The molecule has 1 N–H and O–H groups in total. The van der Waals surface area contributed by atoms with Crippen LogP contribution >= 0.6 is 0 Å². The number of methoxy groups -OCH3 is 3. The Balaban J connectivity index is 1.91. The van der Waals surface area contributed by atoms with Crippen molar-refractivity contribution in [3.8, 4) is 17.2 Å². The van der Waals surface area contributed by atoms with Gasteiger partial charge in [0.1, 0.15) is 11.7 Å². The van der Waals surface area contributed by atoms with Gasteiger partial charge in [0.25, 0.3) is 0 Å². The molecule has 2 aromatic carbocycles. The predicted octanol–water partition coefficient (Wildman–Crippen LogP) is 6.17. The van der Waals surface area contributed by atoms with Crippen molar-refractivity contribution < 1.29 is 33.0 Å². The molecule has 1 unspecified atom stereocenters. The normalized spacial score (nSPS) is 11.5. The molecule has 0 fully saturated rings. The van der Waals surface area contributed by atoms with Crippen molar-refractivity contribution in [2.45, 2.75) is 19.4 Å². The number of urea groups is 1. The van der Waals surface area contributed by atoms with E-state index in [1.807, 2.05) is 11.8 Å². The summed E-state index contributed by atoms with van der Waals surface area (Å²) in [6.45, 7) is 18.9. The number of rotatable bonds is 19. The maximum absolute atomic E-state index is 13.4. The fraction of sp³-hybridized carbons (Fsp3) is 0.289. The number of benzene rings is 2. The Kier molecular flexibility index (Phi) is 14.5. The van der Waals surface area contributed by atoms with Crippen LogP contribution in [0.3, 0.4) is 0 Å². The van der Waals surface area contributed by atoms with Gasteiger partial charge < -0.3 is 33.6 Å². The predicted molar refractivity (Wildman–Crippen MR) is 194 cm³/mol. The van der Waals surface area contributed by atoms with E-state index < -0.39 is 17.7 Å². The van der Waals surface area contributed by atoms with E-state index in [0.717, 1.165) is 0 Å². The Morgan fingerprint density at radius 1 is 0.898 bits per heavy atom. The summed E-state index contributed by atoms with van der Waals surface area (Å²) in [6, 6.07) is 8.18. The zero-order valence-electron chi connectivity index (χ0n) is 28.7. The number of aryl methyl sites for hydroxylation is 1. The molecule has 0 saturated carbocycles. The fourth-order valence-electron chi connectivity index (χ4n) is 5.28. The Hall–Kier alpha value is -5.55. The molecular formula is C38H45N3O8. The highest BCUT2D eigenvalue weighted by Gasteiger charge is 2.23. The molecule has 0 aliphatic heterocycles. The highest BCUT2D eigenvalue weighted by atomic mass is 16.5. The third kappa shape index (κ3) is 10.2. The van der Waals surface area contributed by atoms with Crippen molar-refractivity contribution >= 4 is 34.7 Å². The summed E-state index contributed by atoms with van der Waals surface area (Å²) in [4.78, 5) is 42.9. The monoisotopic (exact) mass is 671 g/mol. The molecule has 1 heterocycles. The van der Waals surface area contributed by atoms with Crippen molar-refractivity contribution in [2.75, 3.05) is 59.4 Å². The minimum atomic E-state index is -0.727. The summed E-state index contributed by atoms with van der Waals surface area (Å²) in [5.41, 5.74) is 1.87. The summed E-state index contributed by atoms with van der Waals surface area (Å²) in [6.07, 6.45) is 8.98. The second-order valence-electron chi connectivity index (χ2n) is 11.0. The largest absolute Gasteiger partial charge is 0.493 e. The molecule has 1 atom stereocenters. The minimum absolute atomic E-state index is 0.0925. The summed E-state index contributed by atoms with van der Waals surface area (Å²) in [5.74, 6) is 0.694. The quantitative estimate of drug-likeness (QED) is 0.0690. The topological polar surface area (TPSA) is 120 Å². The number of hydrogen-bond acceptors (Lipinski definition) is 9. The van der Waals surface area contributed by atoms with Crippen molar-refractivity contribution in [2.24, 2.45) is 0 Å². The number of nitrogens with one attached hydrogen (secondary N) is 1. The average Bonchev–Trinajstić information content (AvgIpc) is 3.08. The Labute approximate surface area is 287 Å². The minimum Gasteiger partial charge on any atom is -0.493 e. The van der Waals surface area contributed by atoms with Crippen molar-refractivity contribution in [3.05, 3.63) is 114 Å². The van der Waals surface area contributed by atoms with Gasteiger partial charge in [-0.3, -0.25) is 4.90 Å². The SMILES string of the molecule is C=CCN(CC=C)CC(Cc1c(C)c2ccc(NC(=O)N(CC=C)CC=C)cc2oc1=O)OC(=O)C=Cc1cc(OC)c(OC)c(OC)c1. The number of carbonyl (C=O) groups excluding carboxylic acids is 2. The summed E-state index contributed by atoms with van der Waals surface area (Å²) in [5, 5.41) is 3.51. The van der Waals surface area contributed by atoms with Crippen LogP contribution in [0.1, 0.15) is 16.7 Å². The highest BCUT2D eigenvalue weighted by molar-refractivity contribution is 5.93. The Bertz CT molecular complexity index is 1710. The smallest absolute Gasteiger partial charge is 0.339 e. The van der Waals surface area contributed by atoms with Crippen LogP contribution in [0.2, 0.25) is 0 Å². The molecule has 3 aromatic rings. The lowest BCUT2D eigenvalue weighted by Crippen LogP contribution is -2.37. The third-order valence-corrected chi connectivity index (χ3v) is 7.57. The number of ether oxygens (including phenoxy) is 4. The molecule has 0 spiro atoms. The first-order valence-corrected chi connectivity index (χ1v) is 15.6. The van der Waals surface area contributed by atoms with Crippen molar-refractivity contribution in [1.29, 1.82) is 0 Å². The number of esters is 1. The Morgan fingerprint density at radius 2 is 1.51 bits per heavy atom. The van der Waals surface area contributed by atoms with Gasteiger partial charge in [-0.05, 0) is 48.4 Å². The molecule has 260 valence electrons. The van der Waals surface area contributed by atoms with Crippen molar-refractivity contribution in [3.63, 3.8) is 0 Å². The van der Waals surface area contributed by atoms with Gasteiger partial charge in [0, 0.05) is 67.9 Å². The maximum atomic E-state index is 13.4. The standard InChI is InChI=1S/C38H45N3O8/c1-9-17-40(18-10-2)25-29(48-35(42)16-13-27-21-33(45-6)36(47-8)34(22-27)46-7)24-31-26(5)30-15-14-28(23-32(30)49-37(31)43)39-38(44)41(19-11-3)20-12-4/h9-16,21-23,29H,1-4,17-20,24-25H2,5-8H3,(H,39,44). The lowest BCUT2D eigenvalue weighted by atomic mass is 10.0. The lowest BCUT2D eigenvalue weighted by Gasteiger charge is -2.25. The lowest BCUT2D eigenvalue weighted by molar-refractivity contribution is -0.143. The van der Waals surface area contributed by atoms with Crippen LogP contribution in [-0.2, 0) is 16.0 Å². The third-order valence-electron chi connectivity index (χ3n) is 7.57. The molecule has 11 heteroatoms. The van der Waals surface area contributed by atoms with Crippen LogP contribution in [0.25, 0.3) is 17.0 Å². The molecule has 1 aromatic heterocycles. The molecule has 0 radical (unpaired) electrons. The molecular weight excluding hydrogens is 626 g/mol. The zero-order valence-corrected chi connectivity index (χ0v) is 28.7. The fourth-order valence-corrected chi connectivity index (χ4v) is 5.28. The van der Waals surface area contributed by atoms with E-state index in [9.17, 15) is 14.4 Å². The van der Waals surface area contributed by atoms with E-state index in [1.165, 1.54) is 32.3 Å². The molecule has 0 aliphatic carbocycles. The van der Waals surface area contributed by atoms with Crippen LogP contribution in [0.4, 0.5) is 10.5 Å². The van der Waals surface area contributed by atoms with E-state index in [4.69, 9.17) is 23.4 Å². The molecule has 0 saturated heterocycles. The van der Waals surface area contributed by atoms with Gasteiger partial charge in [-0.2, -0.15) is 0 Å². The first-order valence-electron chi connectivity index (χ1n) is 15.6. The maximum Gasteiger partial charge on any atom is 0.339 e. The van der Waals surface area contributed by atoms with E-state index >= 15 is 0 Å². The van der Waals surface area contributed by atoms with E-state index in [1.54, 1.807) is 60.7 Å². The van der Waals surface area contributed by atoms with Gasteiger partial charge in [0.15, 0.2) is 11.5 Å². The van der Waals surface area contributed by atoms with E-state index in [0.29, 0.717) is 83.3 Å². The molecule has 2 amide bonds. The molecule has 11 nitrogen and oxygen atoms in total. The van der Waals surface area contributed by atoms with Crippen LogP contribution in [0, 0.1) is 6.92 Å². The number of carbonyl (C=O) groups is 2. The first-order chi connectivity index (χ1) is 23.6. The van der Waals surface area contributed by atoms with Gasteiger partial charge in [-0.25, -0.2) is 14.4 Å². The van der Waals surface area contributed by atoms with Gasteiger partial charge in [-0.1, -0.05) is 24.3 Å². The first kappa shape index (κ1) is 37.9. The average molecular weight is 672 g/mol. The Morgan fingerprint density at radius 3 is 2.06 bits per heavy atom. The van der Waals surface area contributed by atoms with E-state index in [2.05, 4.69) is 31.6 Å². The van der Waals surface area contributed by atoms with Crippen LogP contribution in [0.15, 0.2) is 96.2 Å². The number of nitrogens with zero attached hydrogens (tertiary/aromatic N) is 2. The molecule has 49 heavy (non-hydrogen) atoms. The summed E-state index contributed by atoms with van der Waals surface area (Å²) in [7, 11) is 4.52. The van der Waals surface area contributed by atoms with Gasteiger partial charge in [0.05, 0.1) is 21.3 Å². The number of hydrogen-bond donors (Lipinski definition) is 1. The van der Waals surface area contributed by atoms with Crippen LogP contribution < -0.4 is 25.2 Å². The van der Waals surface area contributed by atoms with Crippen LogP contribution in [0.5, 0.6) is 17.2 Å². The summed E-state index contributed by atoms with van der Waals surface area (Å²) >= 11 is 0. The number of fused-ring (bicyclic) bond motifs is 1. The van der Waals surface area contributed by atoms with Gasteiger partial charge in [0.2, 0.25) is 5.75 Å². The second-order valence-corrected chi connectivity index (χ2v) is 11.0. The number of anilines is 1. The molecule has 0 bridgehead atoms. The van der Waals surface area contributed by atoms with E-state index in [-0.39, 0.29) is 12.5 Å². The second kappa shape index (κ2) is 18.7. The zero-order chi connectivity index (χ0) is 35.9. The highest BCUT2D eigenvalue weighted by Crippen LogP contribution is 2.38. The van der Waals surface area contributed by atoms with Crippen LogP contribution in [-0.4, -0.2) is 82.0 Å². The summed E-state index contributed by atoms with van der Waals surface area (Å²) < 4.78 is 27.9. The molecule has 3 rings (SSSR count). The van der Waals surface area contributed by atoms with Gasteiger partial charge in [-0.15, -0.1) is 26.3 Å². The molecule has 0 aliphatic rings.